The van der Waals surface area contributed by atoms with E-state index in [9.17, 15) is 13.2 Å². The zero-order chi connectivity index (χ0) is 15.8. The molecule has 2 atom stereocenters. The van der Waals surface area contributed by atoms with E-state index in [2.05, 4.69) is 5.32 Å². The summed E-state index contributed by atoms with van der Waals surface area (Å²) in [5.74, 6) is 0.460. The van der Waals surface area contributed by atoms with Crippen molar-refractivity contribution in [2.75, 3.05) is 30.9 Å². The lowest BCUT2D eigenvalue weighted by atomic mass is 9.96. The Labute approximate surface area is 127 Å². The molecule has 0 aliphatic heterocycles. The number of ether oxygens (including phenoxy) is 1. The highest BCUT2D eigenvalue weighted by Gasteiger charge is 2.35. The van der Waals surface area contributed by atoms with Crippen molar-refractivity contribution >= 4 is 27.6 Å². The van der Waals surface area contributed by atoms with Crippen molar-refractivity contribution in [3.05, 3.63) is 0 Å². The molecule has 7 heteroatoms. The molecule has 0 heterocycles. The first kappa shape index (κ1) is 19.7. The van der Waals surface area contributed by atoms with Crippen LogP contribution in [0.2, 0.25) is 0 Å². The highest BCUT2D eigenvalue weighted by atomic mass is 32.2. The molecule has 0 bridgehead atoms. The molecule has 0 fully saturated rings. The highest BCUT2D eigenvalue weighted by Crippen LogP contribution is 2.23. The average Bonchev–Trinajstić information content (AvgIpc) is 2.27. The first-order valence-corrected chi connectivity index (χ1v) is 9.97. The van der Waals surface area contributed by atoms with E-state index in [1.807, 2.05) is 20.8 Å². The van der Waals surface area contributed by atoms with Crippen molar-refractivity contribution in [2.24, 2.45) is 0 Å². The molecular formula is C13H27NO4S2. The summed E-state index contributed by atoms with van der Waals surface area (Å²) in [5.41, 5.74) is -0.720. The smallest absolute Gasteiger partial charge is 0.326 e. The van der Waals surface area contributed by atoms with E-state index < -0.39 is 15.4 Å². The van der Waals surface area contributed by atoms with Crippen LogP contribution in [0.5, 0.6) is 0 Å². The Morgan fingerprint density at radius 1 is 1.40 bits per heavy atom. The Morgan fingerprint density at radius 3 is 2.45 bits per heavy atom. The second-order valence-corrected chi connectivity index (χ2v) is 8.90. The quantitative estimate of drug-likeness (QED) is 0.613. The van der Waals surface area contributed by atoms with E-state index in [0.29, 0.717) is 25.3 Å². The Morgan fingerprint density at radius 2 is 2.00 bits per heavy atom. The lowest BCUT2D eigenvalue weighted by Gasteiger charge is -2.30. The summed E-state index contributed by atoms with van der Waals surface area (Å²) in [4.78, 5) is 12.0. The van der Waals surface area contributed by atoms with Gasteiger partial charge in [-0.25, -0.2) is 8.42 Å². The van der Waals surface area contributed by atoms with Gasteiger partial charge in [0.05, 0.1) is 12.4 Å². The summed E-state index contributed by atoms with van der Waals surface area (Å²) in [6.45, 7) is 8.60. The second kappa shape index (κ2) is 8.89. The van der Waals surface area contributed by atoms with Crippen LogP contribution in [0.1, 0.15) is 34.1 Å². The predicted molar refractivity (Wildman–Crippen MR) is 85.0 cm³/mol. The van der Waals surface area contributed by atoms with E-state index in [4.69, 9.17) is 4.74 Å². The van der Waals surface area contributed by atoms with Crippen molar-refractivity contribution in [3.63, 3.8) is 0 Å². The van der Waals surface area contributed by atoms with Crippen LogP contribution in [0.15, 0.2) is 0 Å². The summed E-state index contributed by atoms with van der Waals surface area (Å²) in [6.07, 6.45) is 1.84. The lowest BCUT2D eigenvalue weighted by Crippen LogP contribution is -2.51. The number of likely N-dealkylation sites (N-methyl/N-ethyl adjacent to an activating group) is 1. The maximum Gasteiger partial charge on any atom is 0.326 e. The minimum atomic E-state index is -2.93. The van der Waals surface area contributed by atoms with E-state index >= 15 is 0 Å². The summed E-state index contributed by atoms with van der Waals surface area (Å²) in [7, 11) is -2.93. The molecule has 0 amide bonds. The Hall–Kier alpha value is -0.270. The Kier molecular flexibility index (Phi) is 8.77. The molecule has 0 spiro atoms. The molecule has 0 aliphatic carbocycles. The number of carbonyl (C=O) groups excluding carboxylic acids is 1. The van der Waals surface area contributed by atoms with E-state index in [0.717, 1.165) is 0 Å². The third-order valence-corrected chi connectivity index (χ3v) is 5.22. The molecule has 0 saturated carbocycles. The zero-order valence-electron chi connectivity index (χ0n) is 13.1. The molecule has 0 rings (SSSR count). The average molecular weight is 325 g/mol. The maximum atomic E-state index is 12.0. The molecule has 0 radical (unpaired) electrons. The van der Waals surface area contributed by atoms with Crippen molar-refractivity contribution < 1.29 is 17.9 Å². The van der Waals surface area contributed by atoms with E-state index in [1.54, 1.807) is 18.7 Å². The molecule has 1 N–H and O–H groups in total. The van der Waals surface area contributed by atoms with Crippen LogP contribution in [0, 0.1) is 0 Å². The normalized spacial score (nSPS) is 16.4. The van der Waals surface area contributed by atoms with Gasteiger partial charge >= 0.3 is 5.97 Å². The zero-order valence-corrected chi connectivity index (χ0v) is 14.7. The molecule has 20 heavy (non-hydrogen) atoms. The fourth-order valence-electron chi connectivity index (χ4n) is 1.94. The number of sulfone groups is 1. The molecule has 0 aromatic heterocycles. The van der Waals surface area contributed by atoms with E-state index in [-0.39, 0.29) is 17.0 Å². The molecule has 0 aliphatic rings. The summed E-state index contributed by atoms with van der Waals surface area (Å²) in [6, 6.07) is 0. The van der Waals surface area contributed by atoms with Gasteiger partial charge in [-0.2, -0.15) is 11.8 Å². The molecule has 120 valence electrons. The van der Waals surface area contributed by atoms with Gasteiger partial charge in [-0.1, -0.05) is 13.8 Å². The number of thioether (sulfide) groups is 1. The third-order valence-electron chi connectivity index (χ3n) is 2.85. The van der Waals surface area contributed by atoms with Gasteiger partial charge in [-0.05, 0) is 26.8 Å². The maximum absolute atomic E-state index is 12.0. The van der Waals surface area contributed by atoms with Gasteiger partial charge in [0, 0.05) is 17.3 Å². The van der Waals surface area contributed by atoms with Gasteiger partial charge in [0.25, 0.3) is 0 Å². The fourth-order valence-corrected chi connectivity index (χ4v) is 4.39. The SMILES string of the molecule is CCNC(C)(CC(C)SCCS(C)(=O)=O)C(=O)OCC. The number of hydrogen-bond donors (Lipinski definition) is 1. The number of hydrogen-bond acceptors (Lipinski definition) is 6. The molecule has 2 unspecified atom stereocenters. The number of nitrogens with one attached hydrogen (secondary N) is 1. The van der Waals surface area contributed by atoms with E-state index in [1.165, 1.54) is 6.26 Å². The molecule has 0 aromatic carbocycles. The van der Waals surface area contributed by atoms with Crippen molar-refractivity contribution in [2.45, 2.75) is 44.9 Å². The van der Waals surface area contributed by atoms with Crippen LogP contribution in [0.4, 0.5) is 0 Å². The summed E-state index contributed by atoms with van der Waals surface area (Å²) < 4.78 is 27.3. The van der Waals surface area contributed by atoms with Gasteiger partial charge in [-0.3, -0.25) is 4.79 Å². The first-order valence-electron chi connectivity index (χ1n) is 6.86. The number of esters is 1. The van der Waals surface area contributed by atoms with Crippen LogP contribution in [0.25, 0.3) is 0 Å². The Bertz CT molecular complexity index is 397. The standard InChI is InChI=1S/C13H27NO4S2/c1-6-14-13(4,12(15)18-7-2)10-11(3)19-8-9-20(5,16)17/h11,14H,6-10H2,1-5H3. The van der Waals surface area contributed by atoms with Crippen LogP contribution < -0.4 is 5.32 Å². The topological polar surface area (TPSA) is 72.5 Å². The number of rotatable bonds is 10. The molecular weight excluding hydrogens is 298 g/mol. The van der Waals surface area contributed by atoms with Crippen LogP contribution in [-0.2, 0) is 19.4 Å². The lowest BCUT2D eigenvalue weighted by molar-refractivity contribution is -0.150. The highest BCUT2D eigenvalue weighted by molar-refractivity contribution is 8.01. The van der Waals surface area contributed by atoms with Gasteiger partial charge in [-0.15, -0.1) is 0 Å². The van der Waals surface area contributed by atoms with Gasteiger partial charge in [0.2, 0.25) is 0 Å². The largest absolute Gasteiger partial charge is 0.465 e. The monoisotopic (exact) mass is 325 g/mol. The molecule has 0 saturated heterocycles. The van der Waals surface area contributed by atoms with Crippen molar-refractivity contribution in [1.82, 2.24) is 5.32 Å². The fraction of sp³-hybridized carbons (Fsp3) is 0.923. The minimum absolute atomic E-state index is 0.166. The van der Waals surface area contributed by atoms with Crippen molar-refractivity contribution in [1.29, 1.82) is 0 Å². The van der Waals surface area contributed by atoms with Crippen LogP contribution in [-0.4, -0.2) is 56.1 Å². The van der Waals surface area contributed by atoms with Gasteiger partial charge in [0.15, 0.2) is 0 Å². The Balaban J connectivity index is 4.47. The van der Waals surface area contributed by atoms with Gasteiger partial charge in [0.1, 0.15) is 15.4 Å². The third kappa shape index (κ3) is 8.11. The minimum Gasteiger partial charge on any atom is -0.465 e. The molecule has 0 aromatic rings. The summed E-state index contributed by atoms with van der Waals surface area (Å²) >= 11 is 1.56. The number of carbonyl (C=O) groups is 1. The van der Waals surface area contributed by atoms with Gasteiger partial charge < -0.3 is 10.1 Å². The van der Waals surface area contributed by atoms with Crippen LogP contribution >= 0.6 is 11.8 Å². The molecule has 5 nitrogen and oxygen atoms in total. The van der Waals surface area contributed by atoms with Crippen LogP contribution in [0.3, 0.4) is 0 Å². The predicted octanol–water partition coefficient (Wildman–Crippen LogP) is 1.47. The van der Waals surface area contributed by atoms with Crippen molar-refractivity contribution in [3.8, 4) is 0 Å². The second-order valence-electron chi connectivity index (χ2n) is 5.10. The summed E-state index contributed by atoms with van der Waals surface area (Å²) in [5, 5.41) is 3.35. The first-order chi connectivity index (χ1) is 9.14.